The van der Waals surface area contributed by atoms with Crippen molar-refractivity contribution in [3.8, 4) is 10.6 Å². The summed E-state index contributed by atoms with van der Waals surface area (Å²) < 4.78 is 22.4. The number of nitrogens with one attached hydrogen (secondary N) is 1. The molecule has 3 N–H and O–H groups in total. The molecular weight excluding hydrogens is 342 g/mol. The molecule has 0 aliphatic carbocycles. The van der Waals surface area contributed by atoms with Gasteiger partial charge in [-0.2, -0.15) is 0 Å². The van der Waals surface area contributed by atoms with Gasteiger partial charge in [-0.15, -0.1) is 10.2 Å². The lowest BCUT2D eigenvalue weighted by atomic mass is 10.2. The maximum atomic E-state index is 11.2. The molecule has 0 fully saturated rings. The highest BCUT2D eigenvalue weighted by molar-refractivity contribution is 7.91. The fourth-order valence-electron chi connectivity index (χ4n) is 1.65. The molecular formula is C12H11N5O2S3. The maximum Gasteiger partial charge on any atom is 0.249 e. The quantitative estimate of drug-likeness (QED) is 0.725. The number of primary sulfonamides is 1. The molecule has 114 valence electrons. The number of hydrogen-bond donors (Lipinski definition) is 2. The Bertz CT molecular complexity index is 873. The molecule has 0 atom stereocenters. The molecule has 2 aromatic heterocycles. The van der Waals surface area contributed by atoms with Crippen LogP contribution in [-0.2, 0) is 16.6 Å². The predicted octanol–water partition coefficient (Wildman–Crippen LogP) is 1.92. The Hall–Kier alpha value is -1.88. The first kappa shape index (κ1) is 15.0. The van der Waals surface area contributed by atoms with Crippen LogP contribution in [0.1, 0.15) is 5.01 Å². The smallest absolute Gasteiger partial charge is 0.249 e. The molecule has 3 rings (SSSR count). The summed E-state index contributed by atoms with van der Waals surface area (Å²) >= 11 is 2.45. The largest absolute Gasteiger partial charge is 0.355 e. The van der Waals surface area contributed by atoms with Gasteiger partial charge in [0.1, 0.15) is 10.0 Å². The Kier molecular flexibility index (Phi) is 4.16. The first-order chi connectivity index (χ1) is 10.5. The molecule has 0 aliphatic rings. The van der Waals surface area contributed by atoms with E-state index in [-0.39, 0.29) is 4.21 Å². The van der Waals surface area contributed by atoms with Crippen molar-refractivity contribution < 1.29 is 8.42 Å². The predicted molar refractivity (Wildman–Crippen MR) is 86.2 cm³/mol. The maximum absolute atomic E-state index is 11.2. The highest BCUT2D eigenvalue weighted by Gasteiger charge is 2.13. The second kappa shape index (κ2) is 6.08. The first-order valence-corrected chi connectivity index (χ1v) is 9.30. The zero-order valence-electron chi connectivity index (χ0n) is 11.1. The van der Waals surface area contributed by atoms with Crippen LogP contribution in [0.5, 0.6) is 0 Å². The van der Waals surface area contributed by atoms with E-state index in [1.807, 2.05) is 30.3 Å². The lowest BCUT2D eigenvalue weighted by molar-refractivity contribution is 0.599. The van der Waals surface area contributed by atoms with E-state index in [2.05, 4.69) is 20.5 Å². The monoisotopic (exact) mass is 353 g/mol. The SMILES string of the molecule is NS(=O)(=O)c1cnc(NCc2nnc(-c3ccccc3)s2)s1. The normalized spacial score (nSPS) is 11.5. The van der Waals surface area contributed by atoms with Crippen LogP contribution in [0, 0.1) is 0 Å². The van der Waals surface area contributed by atoms with Gasteiger partial charge in [-0.25, -0.2) is 18.5 Å². The van der Waals surface area contributed by atoms with E-state index < -0.39 is 10.0 Å². The Morgan fingerprint density at radius 1 is 1.14 bits per heavy atom. The van der Waals surface area contributed by atoms with Gasteiger partial charge in [0, 0.05) is 5.56 Å². The number of benzene rings is 1. The molecule has 1 aromatic carbocycles. The van der Waals surface area contributed by atoms with E-state index >= 15 is 0 Å². The molecule has 3 aromatic rings. The van der Waals surface area contributed by atoms with Gasteiger partial charge in [-0.3, -0.25) is 0 Å². The zero-order chi connectivity index (χ0) is 15.6. The summed E-state index contributed by atoms with van der Waals surface area (Å²) in [6, 6.07) is 9.77. The van der Waals surface area contributed by atoms with Crippen molar-refractivity contribution in [2.24, 2.45) is 5.14 Å². The summed E-state index contributed by atoms with van der Waals surface area (Å²) in [5.41, 5.74) is 1.01. The third kappa shape index (κ3) is 3.47. The molecule has 0 saturated carbocycles. The number of rotatable bonds is 5. The van der Waals surface area contributed by atoms with E-state index in [0.717, 1.165) is 26.9 Å². The third-order valence-electron chi connectivity index (χ3n) is 2.64. The lowest BCUT2D eigenvalue weighted by Gasteiger charge is -1.97. The van der Waals surface area contributed by atoms with Crippen molar-refractivity contribution in [1.82, 2.24) is 15.2 Å². The molecule has 0 amide bonds. The van der Waals surface area contributed by atoms with Crippen molar-refractivity contribution in [3.63, 3.8) is 0 Å². The van der Waals surface area contributed by atoms with Crippen LogP contribution in [0.15, 0.2) is 40.7 Å². The van der Waals surface area contributed by atoms with Crippen LogP contribution < -0.4 is 10.5 Å². The minimum Gasteiger partial charge on any atom is -0.355 e. The summed E-state index contributed by atoms with van der Waals surface area (Å²) in [5, 5.41) is 18.4. The number of anilines is 1. The molecule has 2 heterocycles. The summed E-state index contributed by atoms with van der Waals surface area (Å²) in [4.78, 5) is 3.97. The topological polar surface area (TPSA) is 111 Å². The summed E-state index contributed by atoms with van der Waals surface area (Å²) in [6.07, 6.45) is 1.23. The summed E-state index contributed by atoms with van der Waals surface area (Å²) in [6.45, 7) is 0.419. The van der Waals surface area contributed by atoms with Gasteiger partial charge < -0.3 is 5.32 Å². The lowest BCUT2D eigenvalue weighted by Crippen LogP contribution is -2.09. The molecule has 0 unspecified atom stereocenters. The van der Waals surface area contributed by atoms with Crippen molar-refractivity contribution in [1.29, 1.82) is 0 Å². The van der Waals surface area contributed by atoms with Crippen LogP contribution in [0.25, 0.3) is 10.6 Å². The molecule has 0 bridgehead atoms. The average Bonchev–Trinajstić information content (AvgIpc) is 3.15. The Balaban J connectivity index is 1.68. The molecule has 0 spiro atoms. The Labute approximate surface area is 134 Å². The van der Waals surface area contributed by atoms with E-state index in [1.54, 1.807) is 0 Å². The number of sulfonamides is 1. The van der Waals surface area contributed by atoms with Gasteiger partial charge in [0.25, 0.3) is 0 Å². The molecule has 22 heavy (non-hydrogen) atoms. The van der Waals surface area contributed by atoms with E-state index in [1.165, 1.54) is 17.5 Å². The molecule has 7 nitrogen and oxygen atoms in total. The van der Waals surface area contributed by atoms with Crippen LogP contribution >= 0.6 is 22.7 Å². The summed E-state index contributed by atoms with van der Waals surface area (Å²) in [7, 11) is -3.71. The van der Waals surface area contributed by atoms with Crippen molar-refractivity contribution >= 4 is 37.8 Å². The third-order valence-corrected chi connectivity index (χ3v) is 5.98. The van der Waals surface area contributed by atoms with Crippen LogP contribution in [0.2, 0.25) is 0 Å². The van der Waals surface area contributed by atoms with Crippen LogP contribution in [0.3, 0.4) is 0 Å². The van der Waals surface area contributed by atoms with E-state index in [0.29, 0.717) is 11.7 Å². The standard InChI is InChI=1S/C12H11N5O2S3/c13-22(18,19)10-7-15-12(21-10)14-6-9-16-17-11(20-9)8-4-2-1-3-5-8/h1-5,7H,6H2,(H,14,15)(H2,13,18,19). The fourth-order valence-corrected chi connectivity index (χ4v) is 3.88. The number of nitrogens with zero attached hydrogens (tertiary/aromatic N) is 3. The van der Waals surface area contributed by atoms with Gasteiger partial charge in [0.05, 0.1) is 12.7 Å². The van der Waals surface area contributed by atoms with Gasteiger partial charge in [0.15, 0.2) is 9.34 Å². The van der Waals surface area contributed by atoms with Crippen molar-refractivity contribution in [2.75, 3.05) is 5.32 Å². The average molecular weight is 353 g/mol. The highest BCUT2D eigenvalue weighted by atomic mass is 32.2. The van der Waals surface area contributed by atoms with E-state index in [4.69, 9.17) is 5.14 Å². The summed E-state index contributed by atoms with van der Waals surface area (Å²) in [5.74, 6) is 0. The second-order valence-corrected chi connectivity index (χ2v) is 8.13. The molecule has 10 heteroatoms. The van der Waals surface area contributed by atoms with Gasteiger partial charge >= 0.3 is 0 Å². The van der Waals surface area contributed by atoms with Gasteiger partial charge in [-0.1, -0.05) is 53.0 Å². The van der Waals surface area contributed by atoms with Crippen LogP contribution in [0.4, 0.5) is 5.13 Å². The number of nitrogens with two attached hydrogens (primary N) is 1. The van der Waals surface area contributed by atoms with Gasteiger partial charge in [-0.05, 0) is 0 Å². The number of thiazole rings is 1. The first-order valence-electron chi connectivity index (χ1n) is 6.13. The number of aromatic nitrogens is 3. The minimum absolute atomic E-state index is 0.0252. The Morgan fingerprint density at radius 3 is 2.59 bits per heavy atom. The number of hydrogen-bond acceptors (Lipinski definition) is 8. The molecule has 0 saturated heterocycles. The van der Waals surface area contributed by atoms with Gasteiger partial charge in [0.2, 0.25) is 10.0 Å². The molecule has 0 aliphatic heterocycles. The fraction of sp³-hybridized carbons (Fsp3) is 0.0833. The van der Waals surface area contributed by atoms with E-state index in [9.17, 15) is 8.42 Å². The highest BCUT2D eigenvalue weighted by Crippen LogP contribution is 2.25. The second-order valence-electron chi connectivity index (χ2n) is 4.25. The van der Waals surface area contributed by atoms with Crippen molar-refractivity contribution in [3.05, 3.63) is 41.5 Å². The zero-order valence-corrected chi connectivity index (χ0v) is 13.6. The van der Waals surface area contributed by atoms with Crippen molar-refractivity contribution in [2.45, 2.75) is 10.8 Å². The molecule has 0 radical (unpaired) electrons. The Morgan fingerprint density at radius 2 is 1.91 bits per heavy atom. The van der Waals surface area contributed by atoms with Crippen LogP contribution in [-0.4, -0.2) is 23.6 Å². The minimum atomic E-state index is -3.71.